The molecule has 3 rings (SSSR count). The van der Waals surface area contributed by atoms with Crippen LogP contribution in [0.4, 0.5) is 0 Å². The first-order valence-electron chi connectivity index (χ1n) is 8.47. The number of pyridine rings is 1. The van der Waals surface area contributed by atoms with Gasteiger partial charge in [-0.05, 0) is 86.7 Å². The maximum atomic E-state index is 6.28. The van der Waals surface area contributed by atoms with E-state index in [0.717, 1.165) is 39.9 Å². The number of rotatable bonds is 3. The molecule has 0 saturated carbocycles. The zero-order chi connectivity index (χ0) is 16.4. The molecule has 3 heteroatoms. The highest BCUT2D eigenvalue weighted by molar-refractivity contribution is 6.32. The number of nitrogens with zero attached hydrogens (tertiary/aromatic N) is 2. The molecule has 0 spiro atoms. The molecule has 1 aliphatic heterocycles. The van der Waals surface area contributed by atoms with Crippen molar-refractivity contribution < 1.29 is 0 Å². The highest BCUT2D eigenvalue weighted by atomic mass is 35.5. The molecule has 0 radical (unpaired) electrons. The van der Waals surface area contributed by atoms with Gasteiger partial charge in [0.25, 0.3) is 0 Å². The lowest BCUT2D eigenvalue weighted by Crippen LogP contribution is -2.32. The first kappa shape index (κ1) is 16.5. The van der Waals surface area contributed by atoms with Crippen molar-refractivity contribution in [1.82, 2.24) is 9.88 Å². The number of likely N-dealkylation sites (tertiary alicyclic amines) is 1. The van der Waals surface area contributed by atoms with Crippen molar-refractivity contribution in [2.75, 3.05) is 13.1 Å². The van der Waals surface area contributed by atoms with Crippen LogP contribution in [0.2, 0.25) is 5.02 Å². The summed E-state index contributed by atoms with van der Waals surface area (Å²) < 4.78 is 0. The van der Waals surface area contributed by atoms with E-state index in [2.05, 4.69) is 54.9 Å². The molecular weight excluding hydrogens is 304 g/mol. The van der Waals surface area contributed by atoms with Gasteiger partial charge < -0.3 is 0 Å². The van der Waals surface area contributed by atoms with Crippen molar-refractivity contribution in [1.29, 1.82) is 0 Å². The minimum atomic E-state index is 0.854. The zero-order valence-electron chi connectivity index (χ0n) is 14.3. The normalized spacial score (nSPS) is 16.7. The van der Waals surface area contributed by atoms with Crippen LogP contribution in [0.1, 0.15) is 36.5 Å². The Labute approximate surface area is 144 Å². The third-order valence-corrected chi connectivity index (χ3v) is 5.44. The van der Waals surface area contributed by atoms with E-state index in [1.165, 1.54) is 31.5 Å². The maximum Gasteiger partial charge on any atom is 0.0705 e. The van der Waals surface area contributed by atoms with Gasteiger partial charge in [0.05, 0.1) is 5.69 Å². The fourth-order valence-corrected chi connectivity index (χ4v) is 3.41. The van der Waals surface area contributed by atoms with E-state index in [1.54, 1.807) is 0 Å². The minimum absolute atomic E-state index is 0.854. The topological polar surface area (TPSA) is 16.1 Å². The first-order chi connectivity index (χ1) is 11.0. The fraction of sp³-hybridized carbons (Fsp3) is 0.450. The third kappa shape index (κ3) is 3.94. The van der Waals surface area contributed by atoms with Crippen molar-refractivity contribution in [2.24, 2.45) is 5.92 Å². The highest BCUT2D eigenvalue weighted by Gasteiger charge is 2.16. The van der Waals surface area contributed by atoms with Crippen LogP contribution < -0.4 is 0 Å². The molecule has 1 aliphatic rings. The lowest BCUT2D eigenvalue weighted by molar-refractivity contribution is 0.185. The standard InChI is InChI=1S/C20H25ClN2/c1-14-5-8-23(9-6-14)13-17-4-7-22-19(12-17)18-10-15(2)20(21)16(3)11-18/h4,7,10-12,14H,5-6,8-9,13H2,1-3H3. The van der Waals surface area contributed by atoms with E-state index in [1.807, 2.05) is 6.20 Å². The van der Waals surface area contributed by atoms with Crippen LogP contribution in [-0.4, -0.2) is 23.0 Å². The molecule has 0 unspecified atom stereocenters. The Morgan fingerprint density at radius 3 is 2.43 bits per heavy atom. The first-order valence-corrected chi connectivity index (χ1v) is 8.85. The van der Waals surface area contributed by atoms with Gasteiger partial charge in [-0.15, -0.1) is 0 Å². The molecule has 1 fully saturated rings. The summed E-state index contributed by atoms with van der Waals surface area (Å²) in [7, 11) is 0. The molecule has 0 N–H and O–H groups in total. The zero-order valence-corrected chi connectivity index (χ0v) is 15.0. The van der Waals surface area contributed by atoms with Gasteiger partial charge in [-0.25, -0.2) is 0 Å². The molecule has 122 valence electrons. The van der Waals surface area contributed by atoms with Gasteiger partial charge in [-0.1, -0.05) is 18.5 Å². The van der Waals surface area contributed by atoms with Crippen LogP contribution in [0.15, 0.2) is 30.5 Å². The van der Waals surface area contributed by atoms with Gasteiger partial charge in [-0.3, -0.25) is 9.88 Å². The van der Waals surface area contributed by atoms with Crippen molar-refractivity contribution in [3.05, 3.63) is 52.2 Å². The van der Waals surface area contributed by atoms with Crippen LogP contribution in [0.25, 0.3) is 11.3 Å². The Morgan fingerprint density at radius 1 is 1.13 bits per heavy atom. The fourth-order valence-electron chi connectivity index (χ4n) is 3.30. The summed E-state index contributed by atoms with van der Waals surface area (Å²) in [6, 6.07) is 8.62. The molecule has 1 saturated heterocycles. The van der Waals surface area contributed by atoms with Gasteiger partial charge in [0.1, 0.15) is 0 Å². The molecule has 0 aliphatic carbocycles. The molecule has 1 aromatic heterocycles. The van der Waals surface area contributed by atoms with E-state index in [4.69, 9.17) is 11.6 Å². The van der Waals surface area contributed by atoms with Gasteiger partial charge in [0, 0.05) is 23.3 Å². The molecule has 2 aromatic rings. The van der Waals surface area contributed by atoms with Crippen LogP contribution in [0.3, 0.4) is 0 Å². The molecule has 2 nitrogen and oxygen atoms in total. The number of aryl methyl sites for hydroxylation is 2. The molecular formula is C20H25ClN2. The third-order valence-electron chi connectivity index (χ3n) is 4.84. The number of hydrogen-bond donors (Lipinski definition) is 0. The van der Waals surface area contributed by atoms with Crippen LogP contribution in [-0.2, 0) is 6.54 Å². The number of hydrogen-bond acceptors (Lipinski definition) is 2. The molecule has 0 atom stereocenters. The molecule has 23 heavy (non-hydrogen) atoms. The van der Waals surface area contributed by atoms with Crippen molar-refractivity contribution in [3.8, 4) is 11.3 Å². The summed E-state index contributed by atoms with van der Waals surface area (Å²) in [5.74, 6) is 0.874. The summed E-state index contributed by atoms with van der Waals surface area (Å²) >= 11 is 6.28. The largest absolute Gasteiger partial charge is 0.299 e. The lowest BCUT2D eigenvalue weighted by atomic mass is 9.98. The molecule has 1 aromatic carbocycles. The van der Waals surface area contributed by atoms with E-state index < -0.39 is 0 Å². The van der Waals surface area contributed by atoms with Gasteiger partial charge >= 0.3 is 0 Å². The maximum absolute atomic E-state index is 6.28. The smallest absolute Gasteiger partial charge is 0.0705 e. The summed E-state index contributed by atoms with van der Waals surface area (Å²) in [6.07, 6.45) is 4.55. The Hall–Kier alpha value is -1.38. The monoisotopic (exact) mass is 328 g/mol. The second-order valence-electron chi connectivity index (χ2n) is 6.93. The predicted molar refractivity (Wildman–Crippen MR) is 97.8 cm³/mol. The van der Waals surface area contributed by atoms with Crippen molar-refractivity contribution >= 4 is 11.6 Å². The Bertz CT molecular complexity index is 665. The highest BCUT2D eigenvalue weighted by Crippen LogP contribution is 2.28. The van der Waals surface area contributed by atoms with Crippen molar-refractivity contribution in [3.63, 3.8) is 0 Å². The van der Waals surface area contributed by atoms with Crippen molar-refractivity contribution in [2.45, 2.75) is 40.2 Å². The van der Waals surface area contributed by atoms with Gasteiger partial charge in [-0.2, -0.15) is 0 Å². The van der Waals surface area contributed by atoms with Crippen LogP contribution in [0, 0.1) is 19.8 Å². The number of halogens is 1. The Morgan fingerprint density at radius 2 is 1.78 bits per heavy atom. The van der Waals surface area contributed by atoms with E-state index in [-0.39, 0.29) is 0 Å². The van der Waals surface area contributed by atoms with Gasteiger partial charge in [0.15, 0.2) is 0 Å². The second kappa shape index (κ2) is 7.02. The molecule has 2 heterocycles. The second-order valence-corrected chi connectivity index (χ2v) is 7.31. The Kier molecular flexibility index (Phi) is 5.03. The average Bonchev–Trinajstić information content (AvgIpc) is 2.54. The van der Waals surface area contributed by atoms with E-state index >= 15 is 0 Å². The summed E-state index contributed by atoms with van der Waals surface area (Å²) in [4.78, 5) is 7.12. The van der Waals surface area contributed by atoms with Gasteiger partial charge in [0.2, 0.25) is 0 Å². The number of benzene rings is 1. The molecule has 0 amide bonds. The minimum Gasteiger partial charge on any atom is -0.299 e. The van der Waals surface area contributed by atoms with Crippen LogP contribution in [0.5, 0.6) is 0 Å². The summed E-state index contributed by atoms with van der Waals surface area (Å²) in [5, 5.41) is 0.854. The summed E-state index contributed by atoms with van der Waals surface area (Å²) in [5.41, 5.74) is 5.75. The SMILES string of the molecule is Cc1cc(-c2cc(CN3CCC(C)CC3)ccn2)cc(C)c1Cl. The van der Waals surface area contributed by atoms with E-state index in [0.29, 0.717) is 0 Å². The molecule has 0 bridgehead atoms. The number of piperidine rings is 1. The quantitative estimate of drug-likeness (QED) is 0.765. The Balaban J connectivity index is 1.80. The van der Waals surface area contributed by atoms with E-state index in [9.17, 15) is 0 Å². The average molecular weight is 329 g/mol. The predicted octanol–water partition coefficient (Wildman–Crippen LogP) is 5.25. The summed E-state index contributed by atoms with van der Waals surface area (Å²) in [6.45, 7) is 9.89. The lowest BCUT2D eigenvalue weighted by Gasteiger charge is -2.30. The van der Waals surface area contributed by atoms with Crippen LogP contribution >= 0.6 is 11.6 Å². The number of aromatic nitrogens is 1.